The van der Waals surface area contributed by atoms with E-state index in [-0.39, 0.29) is 11.4 Å². The fraction of sp³-hybridized carbons (Fsp3) is 0.0385. The number of anilines is 1. The summed E-state index contributed by atoms with van der Waals surface area (Å²) in [5.41, 5.74) is 1.88. The van der Waals surface area contributed by atoms with Crippen LogP contribution in [0, 0.1) is 10.1 Å². The molecule has 0 fully saturated rings. The second-order valence-electron chi connectivity index (χ2n) is 8.35. The minimum Gasteiger partial charge on any atom is -0.285 e. The minimum atomic E-state index is -0.530. The quantitative estimate of drug-likeness (QED) is 0.157. The van der Waals surface area contributed by atoms with Crippen molar-refractivity contribution in [1.82, 2.24) is 29.1 Å². The lowest BCUT2D eigenvalue weighted by molar-refractivity contribution is -0.385. The van der Waals surface area contributed by atoms with Gasteiger partial charge >= 0.3 is 5.69 Å². The maximum atomic E-state index is 11.1. The van der Waals surface area contributed by atoms with Crippen LogP contribution in [0.15, 0.2) is 85.7 Å². The molecule has 0 atom stereocenters. The third-order valence-electron chi connectivity index (χ3n) is 5.74. The van der Waals surface area contributed by atoms with Crippen molar-refractivity contribution in [3.05, 3.63) is 106 Å². The summed E-state index contributed by atoms with van der Waals surface area (Å²) in [5, 5.41) is 23.8. The van der Waals surface area contributed by atoms with E-state index >= 15 is 0 Å². The van der Waals surface area contributed by atoms with Crippen molar-refractivity contribution in [2.45, 2.75) is 6.92 Å². The molecular weight excluding hydrogens is 559 g/mol. The second kappa shape index (κ2) is 11.1. The highest BCUT2D eigenvalue weighted by Crippen LogP contribution is 2.24. The van der Waals surface area contributed by atoms with Crippen molar-refractivity contribution in [3.63, 3.8) is 0 Å². The number of carbonyl (C=O) groups is 1. The number of fused-ring (bicyclic) bond motifs is 2. The number of carbonyl (C=O) groups excluding carboxylic acids is 1. The SMILES string of the molecule is CC(=O)N(O)c1cnc(-n2ccc3cc(Cl)ccc32)nc1.O=[N+]([O-])c1cnc(-n2ccc3cc(Cl)ccc32)nc1. The molecule has 0 spiro atoms. The van der Waals surface area contributed by atoms with E-state index in [1.807, 2.05) is 42.6 Å². The molecule has 200 valence electrons. The highest BCUT2D eigenvalue weighted by atomic mass is 35.5. The topological polar surface area (TPSA) is 145 Å². The van der Waals surface area contributed by atoms with Crippen LogP contribution in [0.4, 0.5) is 11.4 Å². The van der Waals surface area contributed by atoms with Crippen LogP contribution in [-0.2, 0) is 4.79 Å². The lowest BCUT2D eigenvalue weighted by Crippen LogP contribution is -2.24. The van der Waals surface area contributed by atoms with E-state index in [4.69, 9.17) is 23.2 Å². The van der Waals surface area contributed by atoms with Crippen LogP contribution in [0.1, 0.15) is 6.92 Å². The summed E-state index contributed by atoms with van der Waals surface area (Å²) in [6.07, 6.45) is 8.75. The number of amides is 1. The van der Waals surface area contributed by atoms with Crippen LogP contribution in [-0.4, -0.2) is 45.1 Å². The molecule has 6 aromatic rings. The first kappa shape index (κ1) is 26.7. The van der Waals surface area contributed by atoms with Gasteiger partial charge in [-0.25, -0.2) is 19.9 Å². The number of hydrogen-bond donors (Lipinski definition) is 1. The molecule has 0 aliphatic heterocycles. The highest BCUT2D eigenvalue weighted by Gasteiger charge is 2.12. The maximum absolute atomic E-state index is 11.1. The molecule has 0 saturated heterocycles. The van der Waals surface area contributed by atoms with Crippen LogP contribution in [0.3, 0.4) is 0 Å². The van der Waals surface area contributed by atoms with Gasteiger partial charge in [0.25, 0.3) is 0 Å². The molecule has 0 saturated carbocycles. The molecule has 4 heterocycles. The van der Waals surface area contributed by atoms with Gasteiger partial charge < -0.3 is 0 Å². The summed E-state index contributed by atoms with van der Waals surface area (Å²) in [6.45, 7) is 1.25. The Morgan fingerprint density at radius 1 is 0.825 bits per heavy atom. The monoisotopic (exact) mass is 576 g/mol. The predicted octanol–water partition coefficient (Wildman–Crippen LogP) is 5.80. The Morgan fingerprint density at radius 2 is 1.27 bits per heavy atom. The minimum absolute atomic E-state index is 0.136. The zero-order chi connectivity index (χ0) is 28.4. The number of nitrogens with zero attached hydrogens (tertiary/aromatic N) is 8. The van der Waals surface area contributed by atoms with Gasteiger partial charge in [0.05, 0.1) is 28.4 Å². The fourth-order valence-corrected chi connectivity index (χ4v) is 4.20. The van der Waals surface area contributed by atoms with Crippen LogP contribution >= 0.6 is 23.2 Å². The summed E-state index contributed by atoms with van der Waals surface area (Å²) in [7, 11) is 0. The van der Waals surface area contributed by atoms with Crippen molar-refractivity contribution in [2.24, 2.45) is 0 Å². The van der Waals surface area contributed by atoms with E-state index < -0.39 is 10.8 Å². The average molecular weight is 577 g/mol. The average Bonchev–Trinajstić information content (AvgIpc) is 3.56. The molecule has 4 aromatic heterocycles. The summed E-state index contributed by atoms with van der Waals surface area (Å²) < 4.78 is 3.54. The summed E-state index contributed by atoms with van der Waals surface area (Å²) in [5.74, 6) is 0.309. The van der Waals surface area contributed by atoms with E-state index in [1.54, 1.807) is 27.5 Å². The van der Waals surface area contributed by atoms with Crippen molar-refractivity contribution in [1.29, 1.82) is 0 Å². The number of benzene rings is 2. The largest absolute Gasteiger partial charge is 0.305 e. The van der Waals surface area contributed by atoms with Gasteiger partial charge in [-0.3, -0.25) is 29.3 Å². The van der Waals surface area contributed by atoms with E-state index in [0.29, 0.717) is 27.0 Å². The van der Waals surface area contributed by atoms with E-state index in [2.05, 4.69) is 19.9 Å². The molecule has 1 N–H and O–H groups in total. The van der Waals surface area contributed by atoms with Gasteiger partial charge in [0.15, 0.2) is 0 Å². The third kappa shape index (κ3) is 5.45. The molecule has 0 bridgehead atoms. The normalized spacial score (nSPS) is 10.8. The summed E-state index contributed by atoms with van der Waals surface area (Å²) >= 11 is 11.9. The summed E-state index contributed by atoms with van der Waals surface area (Å²) in [6, 6.07) is 14.8. The van der Waals surface area contributed by atoms with Crippen LogP contribution in [0.25, 0.3) is 33.7 Å². The molecular formula is C26H18Cl2N8O4. The number of aromatic nitrogens is 6. The van der Waals surface area contributed by atoms with Crippen molar-refractivity contribution < 1.29 is 14.9 Å². The zero-order valence-corrected chi connectivity index (χ0v) is 22.1. The highest BCUT2D eigenvalue weighted by molar-refractivity contribution is 6.31. The molecule has 14 heteroatoms. The lowest BCUT2D eigenvalue weighted by atomic mass is 10.2. The number of halogens is 2. The predicted molar refractivity (Wildman–Crippen MR) is 149 cm³/mol. The van der Waals surface area contributed by atoms with E-state index in [1.165, 1.54) is 31.7 Å². The van der Waals surface area contributed by atoms with Crippen LogP contribution < -0.4 is 5.06 Å². The van der Waals surface area contributed by atoms with Crippen LogP contribution in [0.5, 0.6) is 0 Å². The molecule has 0 unspecified atom stereocenters. The van der Waals surface area contributed by atoms with E-state index in [9.17, 15) is 20.1 Å². The molecule has 0 aliphatic carbocycles. The molecule has 6 rings (SSSR count). The smallest absolute Gasteiger partial charge is 0.285 e. The lowest BCUT2D eigenvalue weighted by Gasteiger charge is -2.11. The molecule has 12 nitrogen and oxygen atoms in total. The standard InChI is InChI=1S/C14H11ClN4O2.C12H7ClN4O2/c1-9(20)19(21)12-7-16-14(17-8-12)18-5-4-10-6-11(15)2-3-13(10)18;13-9-1-2-11-8(5-9)3-4-16(11)12-14-6-10(7-15-12)17(18)19/h2-8,21H,1H3;1-7H. The molecule has 0 radical (unpaired) electrons. The maximum Gasteiger partial charge on any atom is 0.305 e. The molecule has 1 amide bonds. The first-order valence-electron chi connectivity index (χ1n) is 11.5. The number of nitro groups is 1. The molecule has 40 heavy (non-hydrogen) atoms. The number of hydroxylamine groups is 1. The van der Waals surface area contributed by atoms with Gasteiger partial charge in [-0.2, -0.15) is 5.06 Å². The Kier molecular flexibility index (Phi) is 7.38. The van der Waals surface area contributed by atoms with Gasteiger partial charge in [-0.15, -0.1) is 0 Å². The van der Waals surface area contributed by atoms with Crippen molar-refractivity contribution >= 4 is 62.3 Å². The Balaban J connectivity index is 0.000000162. The Labute approximate surface area is 235 Å². The summed E-state index contributed by atoms with van der Waals surface area (Å²) in [4.78, 5) is 37.4. The second-order valence-corrected chi connectivity index (χ2v) is 9.22. The van der Waals surface area contributed by atoms with Gasteiger partial charge in [0.2, 0.25) is 17.8 Å². The van der Waals surface area contributed by atoms with Gasteiger partial charge in [0, 0.05) is 40.1 Å². The first-order valence-corrected chi connectivity index (χ1v) is 12.3. The Morgan fingerprint density at radius 3 is 1.70 bits per heavy atom. The zero-order valence-electron chi connectivity index (χ0n) is 20.6. The van der Waals surface area contributed by atoms with E-state index in [0.717, 1.165) is 21.8 Å². The number of hydrogen-bond acceptors (Lipinski definition) is 8. The fourth-order valence-electron chi connectivity index (χ4n) is 3.84. The van der Waals surface area contributed by atoms with Crippen LogP contribution in [0.2, 0.25) is 10.0 Å². The van der Waals surface area contributed by atoms with Crippen molar-refractivity contribution in [2.75, 3.05) is 5.06 Å². The first-order chi connectivity index (χ1) is 19.2. The molecule has 0 aliphatic rings. The Bertz CT molecular complexity index is 1850. The third-order valence-corrected chi connectivity index (χ3v) is 6.21. The van der Waals surface area contributed by atoms with Gasteiger partial charge in [-0.1, -0.05) is 23.2 Å². The molecule has 2 aromatic carbocycles. The number of rotatable bonds is 4. The van der Waals surface area contributed by atoms with Gasteiger partial charge in [0.1, 0.15) is 18.1 Å². The van der Waals surface area contributed by atoms with Crippen molar-refractivity contribution in [3.8, 4) is 11.9 Å². The Hall–Kier alpha value is -4.91. The van der Waals surface area contributed by atoms with Gasteiger partial charge in [-0.05, 0) is 48.5 Å².